The Bertz CT molecular complexity index is 1490. The monoisotopic (exact) mass is 543 g/mol. The van der Waals surface area contributed by atoms with Crippen LogP contribution in [0.25, 0.3) is 21.3 Å². The van der Waals surface area contributed by atoms with Crippen LogP contribution in [0.5, 0.6) is 11.5 Å². The molecule has 2 aromatic heterocycles. The third kappa shape index (κ3) is 7.06. The van der Waals surface area contributed by atoms with Crippen molar-refractivity contribution in [1.82, 2.24) is 10.4 Å². The number of ether oxygens (including phenoxy) is 3. The van der Waals surface area contributed by atoms with Gasteiger partial charge < -0.3 is 25.5 Å². The first-order valence-corrected chi connectivity index (χ1v) is 13.4. The van der Waals surface area contributed by atoms with Crippen LogP contribution in [0.2, 0.25) is 0 Å². The van der Waals surface area contributed by atoms with Gasteiger partial charge in [0.05, 0.1) is 24.4 Å². The van der Waals surface area contributed by atoms with Gasteiger partial charge in [-0.1, -0.05) is 24.1 Å². The lowest BCUT2D eigenvalue weighted by molar-refractivity contribution is 0.146. The quantitative estimate of drug-likeness (QED) is 0.0601. The third-order valence-electron chi connectivity index (χ3n) is 6.23. The number of rotatable bonds is 11. The topological polar surface area (TPSA) is 117 Å². The highest BCUT2D eigenvalue weighted by Crippen LogP contribution is 2.36. The van der Waals surface area contributed by atoms with Gasteiger partial charge in [0.15, 0.2) is 0 Å². The number of hydrazine groups is 1. The maximum Gasteiger partial charge on any atom is 0.138 e. The maximum atomic E-state index is 6.12. The smallest absolute Gasteiger partial charge is 0.138 e. The number of aromatic nitrogens is 1. The fourth-order valence-corrected chi connectivity index (χ4v) is 5.16. The minimum Gasteiger partial charge on any atom is -0.490 e. The fourth-order valence-electron chi connectivity index (χ4n) is 4.23. The summed E-state index contributed by atoms with van der Waals surface area (Å²) in [4.78, 5) is 4.71. The number of benzene rings is 2. The number of hydrogen-bond donors (Lipinski definition) is 3. The van der Waals surface area contributed by atoms with Crippen LogP contribution < -0.4 is 26.6 Å². The molecule has 1 unspecified atom stereocenters. The number of hydrazone groups is 1. The Morgan fingerprint density at radius 3 is 2.62 bits per heavy atom. The predicted octanol–water partition coefficient (Wildman–Crippen LogP) is 5.11. The predicted molar refractivity (Wildman–Crippen MR) is 158 cm³/mol. The van der Waals surface area contributed by atoms with Gasteiger partial charge in [-0.15, -0.1) is 17.3 Å². The molecule has 4 aromatic rings. The van der Waals surface area contributed by atoms with Crippen molar-refractivity contribution in [2.75, 3.05) is 20.3 Å². The molecule has 0 aliphatic carbocycles. The summed E-state index contributed by atoms with van der Waals surface area (Å²) in [6.07, 6.45) is 2.26. The Labute approximate surface area is 233 Å². The van der Waals surface area contributed by atoms with Crippen LogP contribution in [0.4, 0.5) is 0 Å². The second kappa shape index (κ2) is 13.6. The maximum absolute atomic E-state index is 6.12. The van der Waals surface area contributed by atoms with E-state index in [2.05, 4.69) is 52.9 Å². The molecule has 9 heteroatoms. The van der Waals surface area contributed by atoms with E-state index in [0.717, 1.165) is 44.8 Å². The summed E-state index contributed by atoms with van der Waals surface area (Å²) in [5, 5.41) is 6.99. The molecule has 39 heavy (non-hydrogen) atoms. The van der Waals surface area contributed by atoms with Crippen molar-refractivity contribution in [1.29, 1.82) is 0 Å². The van der Waals surface area contributed by atoms with Crippen molar-refractivity contribution in [3.63, 3.8) is 0 Å². The minimum atomic E-state index is -0.0788. The SMILES string of the molecule is CC#CC(C/C(=N/N)NN)c1ccc(OCc2ccc3scc(-c4ncc(OCCOC)cc4C)c3c2)cc1. The van der Waals surface area contributed by atoms with Gasteiger partial charge in [-0.2, -0.15) is 5.10 Å². The van der Waals surface area contributed by atoms with E-state index in [1.54, 1.807) is 31.6 Å². The van der Waals surface area contributed by atoms with Crippen molar-refractivity contribution in [2.24, 2.45) is 16.8 Å². The van der Waals surface area contributed by atoms with Crippen LogP contribution in [-0.2, 0) is 11.3 Å². The number of fused-ring (bicyclic) bond motifs is 1. The molecule has 0 bridgehead atoms. The minimum absolute atomic E-state index is 0.0788. The van der Waals surface area contributed by atoms with E-state index in [9.17, 15) is 0 Å². The van der Waals surface area contributed by atoms with Crippen molar-refractivity contribution >= 4 is 27.3 Å². The highest BCUT2D eigenvalue weighted by atomic mass is 32.1. The summed E-state index contributed by atoms with van der Waals surface area (Å²) in [6, 6.07) is 16.4. The van der Waals surface area contributed by atoms with Crippen molar-refractivity contribution in [3.8, 4) is 34.6 Å². The zero-order valence-corrected chi connectivity index (χ0v) is 23.2. The van der Waals surface area contributed by atoms with E-state index in [-0.39, 0.29) is 5.92 Å². The van der Waals surface area contributed by atoms with Crippen molar-refractivity contribution < 1.29 is 14.2 Å². The van der Waals surface area contributed by atoms with Gasteiger partial charge in [-0.25, -0.2) is 5.84 Å². The van der Waals surface area contributed by atoms with E-state index in [0.29, 0.717) is 32.1 Å². The molecule has 0 saturated heterocycles. The van der Waals surface area contributed by atoms with Gasteiger partial charge in [0, 0.05) is 34.6 Å². The van der Waals surface area contributed by atoms with Crippen LogP contribution in [0.1, 0.15) is 36.0 Å². The lowest BCUT2D eigenvalue weighted by Crippen LogP contribution is -2.32. The van der Waals surface area contributed by atoms with Crippen molar-refractivity contribution in [2.45, 2.75) is 32.8 Å². The van der Waals surface area contributed by atoms with Crippen LogP contribution in [0, 0.1) is 18.8 Å². The van der Waals surface area contributed by atoms with Gasteiger partial charge in [0.25, 0.3) is 0 Å². The molecule has 0 saturated carbocycles. The van der Waals surface area contributed by atoms with Crippen molar-refractivity contribution in [3.05, 3.63) is 76.8 Å². The molecular weight excluding hydrogens is 510 g/mol. The van der Waals surface area contributed by atoms with Crippen LogP contribution in [0.3, 0.4) is 0 Å². The molecule has 0 radical (unpaired) electrons. The van der Waals surface area contributed by atoms with Crippen LogP contribution in [-0.4, -0.2) is 31.1 Å². The summed E-state index contributed by atoms with van der Waals surface area (Å²) in [6.45, 7) is 5.34. The lowest BCUT2D eigenvalue weighted by Gasteiger charge is -2.13. The zero-order chi connectivity index (χ0) is 27.6. The van der Waals surface area contributed by atoms with E-state index >= 15 is 0 Å². The largest absolute Gasteiger partial charge is 0.490 e. The molecule has 1 atom stereocenters. The molecule has 2 heterocycles. The van der Waals surface area contributed by atoms with Crippen LogP contribution >= 0.6 is 11.3 Å². The molecule has 0 spiro atoms. The van der Waals surface area contributed by atoms with Gasteiger partial charge in [-0.05, 0) is 60.9 Å². The Hall–Kier alpha value is -4.10. The average molecular weight is 544 g/mol. The Kier molecular flexibility index (Phi) is 9.75. The first kappa shape index (κ1) is 27.9. The van der Waals surface area contributed by atoms with E-state index in [1.807, 2.05) is 30.3 Å². The van der Waals surface area contributed by atoms with E-state index < -0.39 is 0 Å². The van der Waals surface area contributed by atoms with Gasteiger partial charge in [-0.3, -0.25) is 4.98 Å². The number of aryl methyl sites for hydroxylation is 1. The summed E-state index contributed by atoms with van der Waals surface area (Å²) in [5.74, 6) is 19.0. The molecule has 0 aliphatic rings. The molecule has 4 rings (SSSR count). The Morgan fingerprint density at radius 2 is 1.92 bits per heavy atom. The number of nitrogens with zero attached hydrogens (tertiary/aromatic N) is 2. The summed E-state index contributed by atoms with van der Waals surface area (Å²) < 4.78 is 18.1. The van der Waals surface area contributed by atoms with Crippen LogP contribution in [0.15, 0.2) is 65.2 Å². The molecular formula is C30H33N5O3S. The normalized spacial score (nSPS) is 12.1. The average Bonchev–Trinajstić information content (AvgIpc) is 3.38. The first-order valence-electron chi connectivity index (χ1n) is 12.5. The summed E-state index contributed by atoms with van der Waals surface area (Å²) in [7, 11) is 1.66. The number of hydrogen-bond acceptors (Lipinski definition) is 8. The van der Waals surface area contributed by atoms with Gasteiger partial charge in [0.2, 0.25) is 0 Å². The number of pyridine rings is 1. The number of methoxy groups -OCH3 is 1. The molecule has 0 fully saturated rings. The number of amidine groups is 1. The Morgan fingerprint density at radius 1 is 1.10 bits per heavy atom. The highest BCUT2D eigenvalue weighted by Gasteiger charge is 2.14. The molecule has 202 valence electrons. The molecule has 8 nitrogen and oxygen atoms in total. The first-order chi connectivity index (χ1) is 19.1. The van der Waals surface area contributed by atoms with Gasteiger partial charge in [0.1, 0.15) is 30.5 Å². The summed E-state index contributed by atoms with van der Waals surface area (Å²) in [5.41, 5.74) is 7.76. The second-order valence-corrected chi connectivity index (χ2v) is 9.80. The lowest BCUT2D eigenvalue weighted by atomic mass is 9.95. The van der Waals surface area contributed by atoms with Gasteiger partial charge >= 0.3 is 0 Å². The highest BCUT2D eigenvalue weighted by molar-refractivity contribution is 7.17. The van der Waals surface area contributed by atoms with E-state index in [1.165, 1.54) is 4.70 Å². The second-order valence-electron chi connectivity index (χ2n) is 8.89. The fraction of sp³-hybridized carbons (Fsp3) is 0.267. The molecule has 5 N–H and O–H groups in total. The third-order valence-corrected chi connectivity index (χ3v) is 7.19. The zero-order valence-electron chi connectivity index (χ0n) is 22.4. The Balaban J connectivity index is 1.47. The standard InChI is InChI=1S/C30H33N5O3S/c1-4-5-23(16-29(34-31)35-32)22-7-9-24(10-8-22)38-18-21-6-11-28-26(15-21)27(19-39-28)30-20(2)14-25(17-33-30)37-13-12-36-3/h6-11,14-15,17,19,23H,12-13,16,18,31-32H2,1-3H3,(H,34,35). The van der Waals surface area contributed by atoms with E-state index in [4.69, 9.17) is 30.9 Å². The number of nitrogens with one attached hydrogen (secondary N) is 1. The number of thiophene rings is 1. The summed E-state index contributed by atoms with van der Waals surface area (Å²) >= 11 is 1.71. The molecule has 0 amide bonds. The number of nitrogens with two attached hydrogens (primary N) is 2. The molecule has 2 aromatic carbocycles. The molecule has 0 aliphatic heterocycles.